The number of amides is 3. The first-order valence-corrected chi connectivity index (χ1v) is 8.59. The third-order valence-electron chi connectivity index (χ3n) is 3.55. The Bertz CT molecular complexity index is 750. The normalized spacial score (nSPS) is 12.3. The molecule has 0 aliphatic rings. The highest BCUT2D eigenvalue weighted by Crippen LogP contribution is 2.19. The van der Waals surface area contributed by atoms with Gasteiger partial charge < -0.3 is 20.4 Å². The number of hydrogen-bond acceptors (Lipinski definition) is 3. The molecule has 1 aromatic carbocycles. The van der Waals surface area contributed by atoms with Crippen LogP contribution in [0, 0.1) is 17.5 Å². The van der Waals surface area contributed by atoms with Crippen molar-refractivity contribution in [3.05, 3.63) is 29.6 Å². The monoisotopic (exact) mass is 403 g/mol. The first-order chi connectivity index (χ1) is 12.8. The lowest BCUT2D eigenvalue weighted by atomic mass is 10.1. The molecule has 0 bridgehead atoms. The molecule has 10 heteroatoms. The first-order valence-electron chi connectivity index (χ1n) is 8.59. The molecule has 0 aliphatic carbocycles. The van der Waals surface area contributed by atoms with E-state index in [1.54, 1.807) is 7.05 Å². The fourth-order valence-corrected chi connectivity index (χ4v) is 2.31. The Morgan fingerprint density at radius 1 is 1.04 bits per heavy atom. The highest BCUT2D eigenvalue weighted by atomic mass is 19.2. The molecular weight excluding hydrogens is 377 g/mol. The Morgan fingerprint density at radius 3 is 2.21 bits per heavy atom. The zero-order valence-electron chi connectivity index (χ0n) is 16.6. The third-order valence-corrected chi connectivity index (χ3v) is 3.55. The number of nitrogens with one attached hydrogen (secondary N) is 3. The smallest absolute Gasteiger partial charge is 0.279 e. The molecule has 28 heavy (non-hydrogen) atoms. The Morgan fingerprint density at radius 2 is 1.64 bits per heavy atom. The number of rotatable bonds is 7. The van der Waals surface area contributed by atoms with Crippen molar-refractivity contribution in [2.45, 2.75) is 26.3 Å². The van der Waals surface area contributed by atoms with E-state index in [2.05, 4.69) is 10.6 Å². The minimum Gasteiger partial charge on any atom is -0.350 e. The second-order valence-corrected chi connectivity index (χ2v) is 7.63. The molecule has 0 aliphatic heterocycles. The number of benzene rings is 1. The Hall–Kier alpha value is -2.62. The van der Waals surface area contributed by atoms with Gasteiger partial charge in [0.1, 0.15) is 0 Å². The van der Waals surface area contributed by atoms with Crippen LogP contribution in [0.5, 0.6) is 0 Å². The van der Waals surface area contributed by atoms with Crippen molar-refractivity contribution in [2.24, 2.45) is 0 Å². The fourth-order valence-electron chi connectivity index (χ4n) is 2.31. The molecule has 3 amide bonds. The molecule has 0 spiro atoms. The van der Waals surface area contributed by atoms with Gasteiger partial charge in [0.05, 0.1) is 19.3 Å². The van der Waals surface area contributed by atoms with Gasteiger partial charge in [0, 0.05) is 12.6 Å². The van der Waals surface area contributed by atoms with Crippen LogP contribution in [0.1, 0.15) is 20.8 Å². The van der Waals surface area contributed by atoms with Crippen LogP contribution in [0.2, 0.25) is 0 Å². The van der Waals surface area contributed by atoms with Crippen molar-refractivity contribution in [3.8, 4) is 0 Å². The van der Waals surface area contributed by atoms with Gasteiger partial charge in [-0.3, -0.25) is 14.4 Å². The molecule has 0 saturated carbocycles. The van der Waals surface area contributed by atoms with Gasteiger partial charge in [-0.05, 0) is 32.9 Å². The highest BCUT2D eigenvalue weighted by molar-refractivity contribution is 5.91. The molecule has 0 heterocycles. The van der Waals surface area contributed by atoms with Gasteiger partial charge in [0.25, 0.3) is 11.8 Å². The topological polar surface area (TPSA) is 83.0 Å². The zero-order chi connectivity index (χ0) is 21.6. The van der Waals surface area contributed by atoms with Crippen molar-refractivity contribution in [1.82, 2.24) is 10.2 Å². The molecule has 0 fully saturated rings. The number of carbonyl (C=O) groups excluding carboxylic acids is 3. The van der Waals surface area contributed by atoms with E-state index >= 15 is 0 Å². The molecule has 0 radical (unpaired) electrons. The summed E-state index contributed by atoms with van der Waals surface area (Å²) in [6.45, 7) is 5.02. The third kappa shape index (κ3) is 7.55. The first kappa shape index (κ1) is 23.4. The minimum absolute atomic E-state index is 0.0903. The number of quaternary nitrogens is 1. The van der Waals surface area contributed by atoms with Crippen LogP contribution in [0.15, 0.2) is 12.1 Å². The van der Waals surface area contributed by atoms with Crippen LogP contribution >= 0.6 is 0 Å². The summed E-state index contributed by atoms with van der Waals surface area (Å²) in [4.78, 5) is 37.7. The second kappa shape index (κ2) is 9.54. The van der Waals surface area contributed by atoms with E-state index < -0.39 is 34.6 Å². The number of halogens is 3. The Labute approximate surface area is 161 Å². The molecule has 156 valence electrons. The predicted octanol–water partition coefficient (Wildman–Crippen LogP) is -0.0698. The average molecular weight is 403 g/mol. The standard InChI is InChI=1S/C18H25F3N4O3/c1-18(2,3)23-14(27)9-25(5)15(28)10-24(4)8-13(26)22-12-7-6-11(19)16(20)17(12)21/h6-7H,8-10H2,1-5H3,(H,22,26)(H,23,27)/p+1. The molecule has 3 N–H and O–H groups in total. The summed E-state index contributed by atoms with van der Waals surface area (Å²) >= 11 is 0. The zero-order valence-corrected chi connectivity index (χ0v) is 16.6. The van der Waals surface area contributed by atoms with E-state index in [1.165, 1.54) is 11.9 Å². The Balaban J connectivity index is 2.53. The van der Waals surface area contributed by atoms with E-state index in [0.29, 0.717) is 11.0 Å². The average Bonchev–Trinajstić information content (AvgIpc) is 2.53. The summed E-state index contributed by atoms with van der Waals surface area (Å²) < 4.78 is 39.7. The van der Waals surface area contributed by atoms with E-state index in [0.717, 1.165) is 6.07 Å². The van der Waals surface area contributed by atoms with Crippen molar-refractivity contribution >= 4 is 23.4 Å². The number of nitrogens with zero attached hydrogens (tertiary/aromatic N) is 1. The molecule has 0 saturated heterocycles. The van der Waals surface area contributed by atoms with E-state index in [-0.39, 0.29) is 31.4 Å². The van der Waals surface area contributed by atoms with Crippen LogP contribution in [0.25, 0.3) is 0 Å². The molecule has 1 rings (SSSR count). The predicted molar refractivity (Wildman–Crippen MR) is 97.1 cm³/mol. The van der Waals surface area contributed by atoms with E-state index in [1.807, 2.05) is 20.8 Å². The van der Waals surface area contributed by atoms with Crippen LogP contribution in [-0.4, -0.2) is 61.9 Å². The summed E-state index contributed by atoms with van der Waals surface area (Å²) in [6, 6.07) is 1.61. The maximum absolute atomic E-state index is 13.6. The van der Waals surface area contributed by atoms with Gasteiger partial charge in [-0.25, -0.2) is 13.2 Å². The second-order valence-electron chi connectivity index (χ2n) is 7.63. The Kier molecular flexibility index (Phi) is 7.98. The van der Waals surface area contributed by atoms with E-state index in [4.69, 9.17) is 0 Å². The van der Waals surface area contributed by atoms with Crippen molar-refractivity contribution < 1.29 is 32.5 Å². The van der Waals surface area contributed by atoms with Crippen LogP contribution in [-0.2, 0) is 14.4 Å². The highest BCUT2D eigenvalue weighted by Gasteiger charge is 2.22. The van der Waals surface area contributed by atoms with Crippen molar-refractivity contribution in [2.75, 3.05) is 39.0 Å². The fraction of sp³-hybridized carbons (Fsp3) is 0.500. The number of anilines is 1. The van der Waals surface area contributed by atoms with Gasteiger partial charge in [-0.2, -0.15) is 0 Å². The van der Waals surface area contributed by atoms with Crippen molar-refractivity contribution in [1.29, 1.82) is 0 Å². The van der Waals surface area contributed by atoms with Crippen LogP contribution < -0.4 is 15.5 Å². The SMILES string of the molecule is CN(CC(=O)NC(C)(C)C)C(=O)C[NH+](C)CC(=O)Nc1ccc(F)c(F)c1F. The summed E-state index contributed by atoms with van der Waals surface area (Å²) in [5.74, 6) is -5.89. The van der Waals surface area contributed by atoms with Crippen LogP contribution in [0.3, 0.4) is 0 Å². The molecule has 1 unspecified atom stereocenters. The number of hydrogen-bond donors (Lipinski definition) is 3. The van der Waals surface area contributed by atoms with Gasteiger partial charge in [0.15, 0.2) is 30.5 Å². The number of likely N-dealkylation sites (N-methyl/N-ethyl adjacent to an activating group) is 2. The van der Waals surface area contributed by atoms with Crippen molar-refractivity contribution in [3.63, 3.8) is 0 Å². The summed E-state index contributed by atoms with van der Waals surface area (Å²) in [5, 5.41) is 4.87. The lowest BCUT2D eigenvalue weighted by Gasteiger charge is -2.24. The molecule has 7 nitrogen and oxygen atoms in total. The summed E-state index contributed by atoms with van der Waals surface area (Å²) in [5.41, 5.74) is -0.907. The lowest BCUT2D eigenvalue weighted by Crippen LogP contribution is -3.11. The van der Waals surface area contributed by atoms with Gasteiger partial charge in [-0.1, -0.05) is 0 Å². The molecule has 1 atom stereocenters. The lowest BCUT2D eigenvalue weighted by molar-refractivity contribution is -0.862. The molecular formula is C18H26F3N4O3+. The summed E-state index contributed by atoms with van der Waals surface area (Å²) in [6.07, 6.45) is 0. The quantitative estimate of drug-likeness (QED) is 0.558. The largest absolute Gasteiger partial charge is 0.350 e. The number of carbonyl (C=O) groups is 3. The van der Waals surface area contributed by atoms with Gasteiger partial charge in [-0.15, -0.1) is 0 Å². The minimum atomic E-state index is -1.68. The molecule has 0 aromatic heterocycles. The maximum atomic E-state index is 13.6. The summed E-state index contributed by atoms with van der Waals surface area (Å²) in [7, 11) is 3.02. The van der Waals surface area contributed by atoms with Crippen LogP contribution in [0.4, 0.5) is 18.9 Å². The van der Waals surface area contributed by atoms with Gasteiger partial charge in [0.2, 0.25) is 5.91 Å². The molecule has 1 aromatic rings. The van der Waals surface area contributed by atoms with E-state index in [9.17, 15) is 27.6 Å². The van der Waals surface area contributed by atoms with Gasteiger partial charge >= 0.3 is 0 Å². The maximum Gasteiger partial charge on any atom is 0.279 e.